The number of nitrogens with zero attached hydrogens (tertiary/aromatic N) is 4. The minimum atomic E-state index is 0.0777. The van der Waals surface area contributed by atoms with Crippen LogP contribution >= 0.6 is 0 Å². The standard InChI is InChI=1S/C23H30N4O2/c1-18(2)25-9-11-26(12-10-25)22-8-7-21(17-24-22)19-3-5-20(6-4-19)23(28)27-13-15-29-16-14-27/h3-8,17-18H,9-16H2,1-2H3. The number of rotatable bonds is 4. The summed E-state index contributed by atoms with van der Waals surface area (Å²) in [7, 11) is 0. The molecule has 0 radical (unpaired) electrons. The maximum atomic E-state index is 12.6. The fraction of sp³-hybridized carbons (Fsp3) is 0.478. The van der Waals surface area contributed by atoms with Crippen LogP contribution in [0, 0.1) is 0 Å². The van der Waals surface area contributed by atoms with Crippen molar-refractivity contribution in [2.45, 2.75) is 19.9 Å². The van der Waals surface area contributed by atoms with E-state index in [1.807, 2.05) is 35.4 Å². The van der Waals surface area contributed by atoms with E-state index in [9.17, 15) is 4.79 Å². The summed E-state index contributed by atoms with van der Waals surface area (Å²) in [5.41, 5.74) is 2.87. The number of amides is 1. The molecule has 6 nitrogen and oxygen atoms in total. The molecule has 1 aromatic heterocycles. The van der Waals surface area contributed by atoms with Crippen molar-refractivity contribution < 1.29 is 9.53 Å². The van der Waals surface area contributed by atoms with Gasteiger partial charge < -0.3 is 14.5 Å². The van der Waals surface area contributed by atoms with Gasteiger partial charge in [-0.2, -0.15) is 0 Å². The molecule has 0 N–H and O–H groups in total. The fourth-order valence-corrected chi connectivity index (χ4v) is 3.97. The van der Waals surface area contributed by atoms with Crippen molar-refractivity contribution in [3.63, 3.8) is 0 Å². The van der Waals surface area contributed by atoms with Gasteiger partial charge in [-0.05, 0) is 43.7 Å². The van der Waals surface area contributed by atoms with Crippen LogP contribution in [0.15, 0.2) is 42.6 Å². The summed E-state index contributed by atoms with van der Waals surface area (Å²) in [5.74, 6) is 1.12. The normalized spacial score (nSPS) is 18.3. The van der Waals surface area contributed by atoms with E-state index >= 15 is 0 Å². The van der Waals surface area contributed by atoms with Crippen LogP contribution in [0.25, 0.3) is 11.1 Å². The highest BCUT2D eigenvalue weighted by Gasteiger charge is 2.20. The number of ether oxygens (including phenoxy) is 1. The highest BCUT2D eigenvalue weighted by Crippen LogP contribution is 2.23. The van der Waals surface area contributed by atoms with E-state index < -0.39 is 0 Å². The number of piperazine rings is 1. The molecule has 3 heterocycles. The van der Waals surface area contributed by atoms with Gasteiger partial charge in [-0.3, -0.25) is 9.69 Å². The molecule has 2 aromatic rings. The Morgan fingerprint density at radius 3 is 2.14 bits per heavy atom. The quantitative estimate of drug-likeness (QED) is 0.798. The third-order valence-corrected chi connectivity index (χ3v) is 5.88. The number of anilines is 1. The van der Waals surface area contributed by atoms with E-state index in [-0.39, 0.29) is 5.91 Å². The average Bonchev–Trinajstić information content (AvgIpc) is 2.79. The van der Waals surface area contributed by atoms with Crippen molar-refractivity contribution in [1.29, 1.82) is 0 Å². The summed E-state index contributed by atoms with van der Waals surface area (Å²) in [4.78, 5) is 24.0. The Morgan fingerprint density at radius 1 is 0.897 bits per heavy atom. The molecule has 0 unspecified atom stereocenters. The first-order chi connectivity index (χ1) is 14.1. The monoisotopic (exact) mass is 394 g/mol. The number of carbonyl (C=O) groups excluding carboxylic acids is 1. The zero-order valence-corrected chi connectivity index (χ0v) is 17.4. The van der Waals surface area contributed by atoms with Crippen molar-refractivity contribution in [3.8, 4) is 11.1 Å². The van der Waals surface area contributed by atoms with Crippen LogP contribution in [0.3, 0.4) is 0 Å². The Balaban J connectivity index is 1.39. The molecule has 2 saturated heterocycles. The van der Waals surface area contributed by atoms with Crippen molar-refractivity contribution in [1.82, 2.24) is 14.8 Å². The Morgan fingerprint density at radius 2 is 1.55 bits per heavy atom. The highest BCUT2D eigenvalue weighted by molar-refractivity contribution is 5.94. The topological polar surface area (TPSA) is 48.9 Å². The first-order valence-corrected chi connectivity index (χ1v) is 10.5. The van der Waals surface area contributed by atoms with E-state index in [1.54, 1.807) is 0 Å². The first kappa shape index (κ1) is 19.9. The summed E-state index contributed by atoms with van der Waals surface area (Å²) in [6.07, 6.45) is 1.93. The Bertz CT molecular complexity index is 806. The molecule has 0 atom stereocenters. The maximum absolute atomic E-state index is 12.6. The fourth-order valence-electron chi connectivity index (χ4n) is 3.97. The number of pyridine rings is 1. The Kier molecular flexibility index (Phi) is 6.11. The second kappa shape index (κ2) is 8.93. The highest BCUT2D eigenvalue weighted by atomic mass is 16.5. The molecule has 0 spiro atoms. The van der Waals surface area contributed by atoms with Gasteiger partial charge in [-0.25, -0.2) is 4.98 Å². The molecule has 2 aliphatic rings. The minimum Gasteiger partial charge on any atom is -0.378 e. The van der Waals surface area contributed by atoms with Gasteiger partial charge >= 0.3 is 0 Å². The van der Waals surface area contributed by atoms with Crippen LogP contribution in [-0.2, 0) is 4.74 Å². The molecule has 154 valence electrons. The van der Waals surface area contributed by atoms with E-state index in [4.69, 9.17) is 9.72 Å². The third-order valence-electron chi connectivity index (χ3n) is 5.88. The molecule has 29 heavy (non-hydrogen) atoms. The molecule has 0 saturated carbocycles. The van der Waals surface area contributed by atoms with Gasteiger partial charge in [0, 0.05) is 62.6 Å². The summed E-state index contributed by atoms with van der Waals surface area (Å²) in [5, 5.41) is 0. The Labute approximate surface area is 173 Å². The lowest BCUT2D eigenvalue weighted by Crippen LogP contribution is -2.49. The van der Waals surface area contributed by atoms with E-state index in [0.717, 1.165) is 48.7 Å². The van der Waals surface area contributed by atoms with Gasteiger partial charge in [0.1, 0.15) is 5.82 Å². The van der Waals surface area contributed by atoms with E-state index in [2.05, 4.69) is 35.8 Å². The number of carbonyl (C=O) groups is 1. The van der Waals surface area contributed by atoms with Gasteiger partial charge in [0.2, 0.25) is 0 Å². The van der Waals surface area contributed by atoms with E-state index in [1.165, 1.54) is 0 Å². The lowest BCUT2D eigenvalue weighted by molar-refractivity contribution is 0.0303. The molecular formula is C23H30N4O2. The van der Waals surface area contributed by atoms with Crippen LogP contribution < -0.4 is 4.90 Å². The molecule has 1 aromatic carbocycles. The zero-order valence-electron chi connectivity index (χ0n) is 17.4. The zero-order chi connectivity index (χ0) is 20.2. The van der Waals surface area contributed by atoms with Gasteiger partial charge in [0.25, 0.3) is 5.91 Å². The van der Waals surface area contributed by atoms with Gasteiger partial charge in [-0.1, -0.05) is 12.1 Å². The van der Waals surface area contributed by atoms with E-state index in [0.29, 0.717) is 32.3 Å². The summed E-state index contributed by atoms with van der Waals surface area (Å²) < 4.78 is 5.33. The second-order valence-electron chi connectivity index (χ2n) is 8.00. The molecular weight excluding hydrogens is 364 g/mol. The van der Waals surface area contributed by atoms with Crippen LogP contribution in [0.1, 0.15) is 24.2 Å². The average molecular weight is 395 g/mol. The smallest absolute Gasteiger partial charge is 0.254 e. The molecule has 6 heteroatoms. The van der Waals surface area contributed by atoms with Gasteiger partial charge in [-0.15, -0.1) is 0 Å². The lowest BCUT2D eigenvalue weighted by Gasteiger charge is -2.37. The van der Waals surface area contributed by atoms with Gasteiger partial charge in [0.05, 0.1) is 13.2 Å². The minimum absolute atomic E-state index is 0.0777. The number of morpholine rings is 1. The number of aromatic nitrogens is 1. The molecule has 2 aliphatic heterocycles. The second-order valence-corrected chi connectivity index (χ2v) is 8.00. The lowest BCUT2D eigenvalue weighted by atomic mass is 10.0. The molecule has 0 bridgehead atoms. The summed E-state index contributed by atoms with van der Waals surface area (Å²) in [6.45, 7) is 11.3. The predicted octanol–water partition coefficient (Wildman–Crippen LogP) is 2.75. The number of benzene rings is 1. The van der Waals surface area contributed by atoms with Crippen LogP contribution in [-0.4, -0.2) is 79.2 Å². The largest absolute Gasteiger partial charge is 0.378 e. The van der Waals surface area contributed by atoms with Crippen molar-refractivity contribution in [2.24, 2.45) is 0 Å². The maximum Gasteiger partial charge on any atom is 0.254 e. The van der Waals surface area contributed by atoms with Crippen LogP contribution in [0.5, 0.6) is 0 Å². The molecule has 4 rings (SSSR count). The van der Waals surface area contributed by atoms with Gasteiger partial charge in [0.15, 0.2) is 0 Å². The Hall–Kier alpha value is -2.44. The summed E-state index contributed by atoms with van der Waals surface area (Å²) in [6, 6.07) is 12.7. The third kappa shape index (κ3) is 4.60. The SMILES string of the molecule is CC(C)N1CCN(c2ccc(-c3ccc(C(=O)N4CCOCC4)cc3)cn2)CC1. The summed E-state index contributed by atoms with van der Waals surface area (Å²) >= 11 is 0. The predicted molar refractivity (Wildman–Crippen MR) is 115 cm³/mol. The van der Waals surface area contributed by atoms with Crippen molar-refractivity contribution >= 4 is 11.7 Å². The molecule has 2 fully saturated rings. The first-order valence-electron chi connectivity index (χ1n) is 10.5. The molecule has 0 aliphatic carbocycles. The number of hydrogen-bond donors (Lipinski definition) is 0. The van der Waals surface area contributed by atoms with Crippen molar-refractivity contribution in [3.05, 3.63) is 48.2 Å². The number of hydrogen-bond acceptors (Lipinski definition) is 5. The molecule has 1 amide bonds. The van der Waals surface area contributed by atoms with Crippen LogP contribution in [0.2, 0.25) is 0 Å². The van der Waals surface area contributed by atoms with Crippen LogP contribution in [0.4, 0.5) is 5.82 Å². The van der Waals surface area contributed by atoms with Crippen molar-refractivity contribution in [2.75, 3.05) is 57.4 Å².